The van der Waals surface area contributed by atoms with Crippen molar-refractivity contribution in [2.75, 3.05) is 25.0 Å². The third-order valence-corrected chi connectivity index (χ3v) is 5.41. The van der Waals surface area contributed by atoms with E-state index < -0.39 is 11.0 Å². The van der Waals surface area contributed by atoms with Crippen molar-refractivity contribution >= 4 is 23.3 Å². The molecule has 1 fully saturated rings. The molecule has 0 aliphatic carbocycles. The lowest BCUT2D eigenvalue weighted by molar-refractivity contribution is -0.384. The molecule has 1 aliphatic rings. The highest BCUT2D eigenvalue weighted by Crippen LogP contribution is 2.31. The zero-order valence-electron chi connectivity index (χ0n) is 17.7. The van der Waals surface area contributed by atoms with Crippen LogP contribution in [0, 0.1) is 23.0 Å². The molecule has 1 N–H and O–H groups in total. The van der Waals surface area contributed by atoms with Crippen LogP contribution in [0.1, 0.15) is 36.9 Å². The maximum atomic E-state index is 13.4. The fraction of sp³-hybridized carbons (Fsp3) is 0.391. The van der Waals surface area contributed by atoms with Crippen LogP contribution in [0.2, 0.25) is 0 Å². The zero-order valence-corrected chi connectivity index (χ0v) is 17.7. The summed E-state index contributed by atoms with van der Waals surface area (Å²) in [6, 6.07) is 13.3. The molecule has 2 aromatic carbocycles. The van der Waals surface area contributed by atoms with Gasteiger partial charge >= 0.3 is 5.97 Å². The van der Waals surface area contributed by atoms with Crippen LogP contribution in [-0.2, 0) is 14.3 Å². The van der Waals surface area contributed by atoms with Gasteiger partial charge in [-0.3, -0.25) is 24.6 Å². The predicted molar refractivity (Wildman–Crippen MR) is 117 cm³/mol. The Balaban J connectivity index is 1.89. The van der Waals surface area contributed by atoms with Crippen molar-refractivity contribution in [2.45, 2.75) is 32.7 Å². The van der Waals surface area contributed by atoms with E-state index in [2.05, 4.69) is 5.32 Å². The Morgan fingerprint density at radius 2 is 2.00 bits per heavy atom. The minimum Gasteiger partial charge on any atom is -0.466 e. The number of carbonyl (C=O) groups excluding carboxylic acids is 2. The molecule has 1 heterocycles. The number of esters is 1. The minimum absolute atomic E-state index is 0.150. The van der Waals surface area contributed by atoms with Crippen molar-refractivity contribution in [1.82, 2.24) is 4.90 Å². The maximum Gasteiger partial charge on any atom is 0.310 e. The molecule has 0 spiro atoms. The zero-order chi connectivity index (χ0) is 22.4. The normalized spacial score (nSPS) is 17.5. The smallest absolute Gasteiger partial charge is 0.310 e. The van der Waals surface area contributed by atoms with Crippen molar-refractivity contribution in [3.63, 3.8) is 0 Å². The quantitative estimate of drug-likeness (QED) is 0.411. The number of nitrogens with zero attached hydrogens (tertiary/aromatic N) is 2. The number of nitro benzene ring substituents is 1. The summed E-state index contributed by atoms with van der Waals surface area (Å²) in [4.78, 5) is 38.6. The van der Waals surface area contributed by atoms with Gasteiger partial charge in [-0.15, -0.1) is 0 Å². The number of nitrogens with one attached hydrogen (secondary N) is 1. The van der Waals surface area contributed by atoms with Gasteiger partial charge in [0.2, 0.25) is 5.91 Å². The molecule has 0 aromatic heterocycles. The summed E-state index contributed by atoms with van der Waals surface area (Å²) in [5, 5.41) is 14.2. The van der Waals surface area contributed by atoms with Crippen LogP contribution >= 0.6 is 0 Å². The molecule has 0 saturated carbocycles. The van der Waals surface area contributed by atoms with Crippen LogP contribution in [-0.4, -0.2) is 41.4 Å². The number of aryl methyl sites for hydroxylation is 1. The van der Waals surface area contributed by atoms with Gasteiger partial charge in [-0.2, -0.15) is 0 Å². The molecule has 2 unspecified atom stereocenters. The number of carbonyl (C=O) groups is 2. The Morgan fingerprint density at radius 1 is 1.26 bits per heavy atom. The summed E-state index contributed by atoms with van der Waals surface area (Å²) < 4.78 is 5.18. The van der Waals surface area contributed by atoms with Gasteiger partial charge in [0.05, 0.1) is 17.4 Å². The first-order valence-electron chi connectivity index (χ1n) is 10.4. The number of amides is 1. The second kappa shape index (κ2) is 10.2. The highest BCUT2D eigenvalue weighted by molar-refractivity contribution is 5.97. The molecule has 164 valence electrons. The first kappa shape index (κ1) is 22.4. The van der Waals surface area contributed by atoms with Crippen molar-refractivity contribution < 1.29 is 19.2 Å². The van der Waals surface area contributed by atoms with Gasteiger partial charge in [-0.1, -0.05) is 36.4 Å². The number of hydrogen-bond donors (Lipinski definition) is 1. The summed E-state index contributed by atoms with van der Waals surface area (Å²) >= 11 is 0. The van der Waals surface area contributed by atoms with Gasteiger partial charge in [0.1, 0.15) is 11.7 Å². The van der Waals surface area contributed by atoms with Gasteiger partial charge in [-0.25, -0.2) is 0 Å². The van der Waals surface area contributed by atoms with Crippen molar-refractivity contribution in [3.05, 3.63) is 69.8 Å². The number of anilines is 1. The maximum absolute atomic E-state index is 13.4. The summed E-state index contributed by atoms with van der Waals surface area (Å²) in [5.41, 5.74) is 1.50. The fourth-order valence-electron chi connectivity index (χ4n) is 3.96. The third-order valence-electron chi connectivity index (χ3n) is 5.41. The Hall–Kier alpha value is -3.26. The number of ether oxygens (including phenoxy) is 1. The molecule has 3 rings (SSSR count). The first-order chi connectivity index (χ1) is 14.9. The lowest BCUT2D eigenvalue weighted by atomic mass is 9.94. The Morgan fingerprint density at radius 3 is 2.68 bits per heavy atom. The Kier molecular flexibility index (Phi) is 7.36. The number of hydrogen-bond acceptors (Lipinski definition) is 6. The summed E-state index contributed by atoms with van der Waals surface area (Å²) in [6.07, 6.45) is 1.46. The van der Waals surface area contributed by atoms with Crippen LogP contribution < -0.4 is 5.32 Å². The van der Waals surface area contributed by atoms with E-state index in [1.54, 1.807) is 26.0 Å². The third kappa shape index (κ3) is 5.46. The molecule has 8 heteroatoms. The van der Waals surface area contributed by atoms with E-state index in [1.165, 1.54) is 6.07 Å². The van der Waals surface area contributed by atoms with E-state index >= 15 is 0 Å². The molecule has 2 atom stereocenters. The summed E-state index contributed by atoms with van der Waals surface area (Å²) in [7, 11) is 0. The van der Waals surface area contributed by atoms with Gasteiger partial charge in [0.25, 0.3) is 5.69 Å². The highest BCUT2D eigenvalue weighted by Gasteiger charge is 2.35. The molecule has 2 aromatic rings. The molecule has 1 saturated heterocycles. The predicted octanol–water partition coefficient (Wildman–Crippen LogP) is 3.86. The molecule has 0 bridgehead atoms. The van der Waals surface area contributed by atoms with Gasteiger partial charge in [0, 0.05) is 12.6 Å². The number of rotatable bonds is 7. The molecule has 8 nitrogen and oxygen atoms in total. The van der Waals surface area contributed by atoms with Crippen molar-refractivity contribution in [1.29, 1.82) is 0 Å². The summed E-state index contributed by atoms with van der Waals surface area (Å²) in [5.74, 6) is -0.933. The molecule has 31 heavy (non-hydrogen) atoms. The lowest BCUT2D eigenvalue weighted by Gasteiger charge is -2.36. The number of nitro groups is 1. The number of piperidine rings is 1. The van der Waals surface area contributed by atoms with E-state index in [1.807, 2.05) is 35.2 Å². The van der Waals surface area contributed by atoms with Crippen LogP contribution in [0.5, 0.6) is 0 Å². The Bertz CT molecular complexity index is 947. The standard InChI is InChI=1S/C23H27N3O5/c1-3-31-23(28)18-10-7-13-25(15-18)21(17-8-5-4-6-9-17)22(27)24-19-12-11-16(2)14-20(19)26(29)30/h4-6,8-9,11-12,14,18,21H,3,7,10,13,15H2,1-2H3,(H,24,27). The lowest BCUT2D eigenvalue weighted by Crippen LogP contribution is -2.45. The van der Waals surface area contributed by atoms with Crippen molar-refractivity contribution in [2.24, 2.45) is 5.92 Å². The molecular weight excluding hydrogens is 398 g/mol. The minimum atomic E-state index is -0.681. The fourth-order valence-corrected chi connectivity index (χ4v) is 3.96. The average molecular weight is 425 g/mol. The Labute approximate surface area is 181 Å². The van der Waals surface area contributed by atoms with Gasteiger partial charge in [-0.05, 0) is 50.4 Å². The SMILES string of the molecule is CCOC(=O)C1CCCN(C(C(=O)Nc2ccc(C)cc2[N+](=O)[O-])c2ccccc2)C1. The average Bonchev–Trinajstić information content (AvgIpc) is 2.76. The molecule has 1 amide bonds. The first-order valence-corrected chi connectivity index (χ1v) is 10.4. The van der Waals surface area contributed by atoms with E-state index in [0.717, 1.165) is 17.5 Å². The monoisotopic (exact) mass is 425 g/mol. The van der Waals surface area contributed by atoms with Gasteiger partial charge in [0.15, 0.2) is 0 Å². The van der Waals surface area contributed by atoms with Crippen molar-refractivity contribution in [3.8, 4) is 0 Å². The van der Waals surface area contributed by atoms with Gasteiger partial charge < -0.3 is 10.1 Å². The van der Waals surface area contributed by atoms with Crippen LogP contribution in [0.25, 0.3) is 0 Å². The molecular formula is C23H27N3O5. The van der Waals surface area contributed by atoms with E-state index in [9.17, 15) is 19.7 Å². The van der Waals surface area contributed by atoms with Crippen LogP contribution in [0.15, 0.2) is 48.5 Å². The van der Waals surface area contributed by atoms with E-state index in [4.69, 9.17) is 4.74 Å². The molecule has 0 radical (unpaired) electrons. The summed E-state index contributed by atoms with van der Waals surface area (Å²) in [6.45, 7) is 4.87. The number of likely N-dealkylation sites (tertiary alicyclic amines) is 1. The van der Waals surface area contributed by atoms with Crippen LogP contribution in [0.3, 0.4) is 0 Å². The topological polar surface area (TPSA) is 102 Å². The second-order valence-corrected chi connectivity index (χ2v) is 7.67. The number of benzene rings is 2. The van der Waals surface area contributed by atoms with Crippen LogP contribution in [0.4, 0.5) is 11.4 Å². The second-order valence-electron chi connectivity index (χ2n) is 7.67. The van der Waals surface area contributed by atoms with E-state index in [0.29, 0.717) is 26.1 Å². The van der Waals surface area contributed by atoms with E-state index in [-0.39, 0.29) is 29.2 Å². The highest BCUT2D eigenvalue weighted by atomic mass is 16.6. The molecule has 1 aliphatic heterocycles. The largest absolute Gasteiger partial charge is 0.466 e.